The molecule has 1 heterocycles. The zero-order chi connectivity index (χ0) is 38.5. The molecule has 13 nitrogen and oxygen atoms in total. The molecule has 1 aliphatic carbocycles. The number of nitrogens with zero attached hydrogens (tertiary/aromatic N) is 3. The summed E-state index contributed by atoms with van der Waals surface area (Å²) in [6.45, 7) is 0.804. The van der Waals surface area contributed by atoms with Crippen LogP contribution in [0.25, 0.3) is 5.57 Å². The van der Waals surface area contributed by atoms with Crippen LogP contribution in [0, 0.1) is 17.5 Å². The highest BCUT2D eigenvalue weighted by molar-refractivity contribution is 6.03. The number of halogens is 3. The van der Waals surface area contributed by atoms with Crippen LogP contribution in [-0.2, 0) is 25.5 Å². The molecule has 16 heteroatoms. The van der Waals surface area contributed by atoms with Crippen molar-refractivity contribution in [1.29, 1.82) is 0 Å². The van der Waals surface area contributed by atoms with Gasteiger partial charge >= 0.3 is 6.09 Å². The summed E-state index contributed by atoms with van der Waals surface area (Å²) < 4.78 is 68.4. The van der Waals surface area contributed by atoms with Crippen LogP contribution >= 0.6 is 0 Å². The molecule has 2 amide bonds. The Bertz CT molecular complexity index is 1720. The minimum Gasteiger partial charge on any atom is -0.497 e. The van der Waals surface area contributed by atoms with Gasteiger partial charge in [0.1, 0.15) is 24.7 Å². The predicted molar refractivity (Wildman–Crippen MR) is 186 cm³/mol. The van der Waals surface area contributed by atoms with Crippen molar-refractivity contribution in [3.05, 3.63) is 94.8 Å². The number of benzene rings is 3. The second-order valence-electron chi connectivity index (χ2n) is 12.5. The van der Waals surface area contributed by atoms with Crippen molar-refractivity contribution in [1.82, 2.24) is 15.2 Å². The molecule has 0 bridgehead atoms. The van der Waals surface area contributed by atoms with Gasteiger partial charge < -0.3 is 33.5 Å². The average molecular weight is 760 g/mol. The lowest BCUT2D eigenvalue weighted by Gasteiger charge is -2.33. The van der Waals surface area contributed by atoms with Gasteiger partial charge in [0, 0.05) is 18.2 Å². The lowest BCUT2D eigenvalue weighted by molar-refractivity contribution is -0.493. The number of ether oxygens (including phenoxy) is 5. The number of rotatable bonds is 20. The topological polar surface area (TPSA) is 140 Å². The Hall–Kier alpha value is -4.87. The Morgan fingerprint density at radius 1 is 0.833 bits per heavy atom. The molecule has 1 aliphatic heterocycles. The van der Waals surface area contributed by atoms with Crippen molar-refractivity contribution in [3.63, 3.8) is 0 Å². The quantitative estimate of drug-likeness (QED) is 0.0819. The Morgan fingerprint density at radius 3 is 2.24 bits per heavy atom. The van der Waals surface area contributed by atoms with E-state index in [0.29, 0.717) is 55.5 Å². The van der Waals surface area contributed by atoms with E-state index in [1.54, 1.807) is 31.4 Å². The first-order valence-electron chi connectivity index (χ1n) is 17.6. The van der Waals surface area contributed by atoms with Gasteiger partial charge in [-0.2, -0.15) is 4.39 Å². The van der Waals surface area contributed by atoms with Gasteiger partial charge in [0.15, 0.2) is 17.4 Å². The van der Waals surface area contributed by atoms with Crippen LogP contribution in [0.4, 0.5) is 18.0 Å². The molecular weight excluding hydrogens is 715 g/mol. The van der Waals surface area contributed by atoms with E-state index >= 15 is 0 Å². The molecule has 0 aromatic heterocycles. The van der Waals surface area contributed by atoms with Crippen molar-refractivity contribution >= 4 is 17.6 Å². The zero-order valence-electron chi connectivity index (χ0n) is 29.9. The van der Waals surface area contributed by atoms with Gasteiger partial charge in [0.05, 0.1) is 52.0 Å². The van der Waals surface area contributed by atoms with E-state index in [-0.39, 0.29) is 58.1 Å². The highest BCUT2D eigenvalue weighted by Crippen LogP contribution is 2.34. The number of aryl methyl sites for hydroxylation is 1. The van der Waals surface area contributed by atoms with Gasteiger partial charge in [-0.05, 0) is 85.2 Å². The Kier molecular flexibility index (Phi) is 14.9. The van der Waals surface area contributed by atoms with E-state index in [0.717, 1.165) is 35.6 Å². The molecule has 2 N–H and O–H groups in total. The summed E-state index contributed by atoms with van der Waals surface area (Å²) in [7, 11) is 1.58. The van der Waals surface area contributed by atoms with Crippen molar-refractivity contribution in [2.75, 3.05) is 66.4 Å². The SMILES string of the molecule is COc1ccc(OCCN(C(=O)C2=C(c3ccc(CCCOc4c(F)ccc(F)c4F)cc3)CCN(C(=O)OCCOCCON(O)O)C2)C2CC2)cc1. The van der Waals surface area contributed by atoms with Crippen LogP contribution in [0.1, 0.15) is 36.8 Å². The van der Waals surface area contributed by atoms with Crippen molar-refractivity contribution in [2.45, 2.75) is 38.1 Å². The van der Waals surface area contributed by atoms with Gasteiger partial charge in [-0.25, -0.2) is 18.4 Å². The third-order valence-corrected chi connectivity index (χ3v) is 8.82. The number of hydrogen-bond donors (Lipinski definition) is 2. The maximum atomic E-state index is 14.3. The largest absolute Gasteiger partial charge is 0.497 e. The monoisotopic (exact) mass is 759 g/mol. The molecule has 0 atom stereocenters. The summed E-state index contributed by atoms with van der Waals surface area (Å²) in [5.74, 6) is -3.11. The first-order valence-corrected chi connectivity index (χ1v) is 17.6. The molecule has 54 heavy (non-hydrogen) atoms. The number of carbonyl (C=O) groups is 2. The summed E-state index contributed by atoms with van der Waals surface area (Å²) in [5.41, 5.74) is 3.02. The van der Waals surface area contributed by atoms with Crippen LogP contribution < -0.4 is 14.2 Å². The highest BCUT2D eigenvalue weighted by Gasteiger charge is 2.37. The van der Waals surface area contributed by atoms with Gasteiger partial charge in [-0.3, -0.25) is 15.2 Å². The maximum Gasteiger partial charge on any atom is 0.410 e. The second-order valence-corrected chi connectivity index (χ2v) is 12.5. The van der Waals surface area contributed by atoms with Gasteiger partial charge in [-0.15, -0.1) is 0 Å². The fraction of sp³-hybridized carbons (Fsp3) is 0.421. The van der Waals surface area contributed by atoms with Gasteiger partial charge in [0.25, 0.3) is 5.91 Å². The molecule has 2 aliphatic rings. The molecule has 3 aromatic rings. The second kappa shape index (κ2) is 20.0. The Morgan fingerprint density at radius 2 is 1.54 bits per heavy atom. The summed E-state index contributed by atoms with van der Waals surface area (Å²) in [6.07, 6.45) is 2.44. The molecule has 0 saturated heterocycles. The van der Waals surface area contributed by atoms with Crippen LogP contribution in [0.5, 0.6) is 17.2 Å². The van der Waals surface area contributed by atoms with E-state index in [4.69, 9.17) is 34.1 Å². The van der Waals surface area contributed by atoms with Crippen LogP contribution in [-0.4, -0.2) is 110 Å². The van der Waals surface area contributed by atoms with Gasteiger partial charge in [0.2, 0.25) is 5.82 Å². The lowest BCUT2D eigenvalue weighted by Crippen LogP contribution is -2.44. The van der Waals surface area contributed by atoms with Crippen LogP contribution in [0.2, 0.25) is 0 Å². The molecular formula is C38H44F3N3O10. The summed E-state index contributed by atoms with van der Waals surface area (Å²) in [5, 5.41) is 16.7. The van der Waals surface area contributed by atoms with Crippen LogP contribution in [0.3, 0.4) is 0 Å². The molecule has 0 radical (unpaired) electrons. The lowest BCUT2D eigenvalue weighted by atomic mass is 9.91. The molecule has 292 valence electrons. The van der Waals surface area contributed by atoms with Crippen molar-refractivity contribution in [2.24, 2.45) is 0 Å². The Labute approximate surface area is 310 Å². The first-order chi connectivity index (χ1) is 26.1. The number of carbonyl (C=O) groups excluding carboxylic acids is 2. The number of hydrogen-bond acceptors (Lipinski definition) is 11. The predicted octanol–water partition coefficient (Wildman–Crippen LogP) is 5.82. The smallest absolute Gasteiger partial charge is 0.410 e. The van der Waals surface area contributed by atoms with Crippen LogP contribution in [0.15, 0.2) is 66.2 Å². The number of methoxy groups -OCH3 is 1. The van der Waals surface area contributed by atoms with E-state index in [1.165, 1.54) is 4.90 Å². The molecule has 0 unspecified atom stereocenters. The fourth-order valence-electron chi connectivity index (χ4n) is 5.90. The highest BCUT2D eigenvalue weighted by atomic mass is 19.2. The van der Waals surface area contributed by atoms with Crippen molar-refractivity contribution < 1.29 is 61.7 Å². The minimum atomic E-state index is -1.36. The van der Waals surface area contributed by atoms with Gasteiger partial charge in [-0.1, -0.05) is 24.3 Å². The average Bonchev–Trinajstić information content (AvgIpc) is 4.03. The first kappa shape index (κ1) is 40.3. The summed E-state index contributed by atoms with van der Waals surface area (Å²) >= 11 is 0. The van der Waals surface area contributed by atoms with Crippen molar-refractivity contribution in [3.8, 4) is 17.2 Å². The maximum absolute atomic E-state index is 14.3. The third kappa shape index (κ3) is 11.6. The fourth-order valence-corrected chi connectivity index (χ4v) is 5.90. The Balaban J connectivity index is 1.25. The normalized spacial score (nSPS) is 14.3. The standard InChI is InChI=1S/C38H44F3N3O10/c1-49-29-10-12-30(13-11-29)51-20-18-43(28-8-9-28)37(45)32-25-42(38(46)53-23-21-50-22-24-54-44(47)48)17-16-31(32)27-6-4-26(5-7-27)3-2-19-52-36-34(40)15-14-33(39)35(36)41/h4-7,10-15,28,47-48H,2-3,8-9,16-25H2,1H3. The molecule has 3 aromatic carbocycles. The van der Waals surface area contributed by atoms with E-state index in [9.17, 15) is 22.8 Å². The summed E-state index contributed by atoms with van der Waals surface area (Å²) in [4.78, 5) is 35.1. The van der Waals surface area contributed by atoms with E-state index < -0.39 is 34.7 Å². The van der Waals surface area contributed by atoms with E-state index in [1.807, 2.05) is 29.2 Å². The molecule has 1 saturated carbocycles. The number of amides is 2. The molecule has 5 rings (SSSR count). The third-order valence-electron chi connectivity index (χ3n) is 8.82. The zero-order valence-corrected chi connectivity index (χ0v) is 29.9. The molecule has 1 fully saturated rings. The van der Waals surface area contributed by atoms with E-state index in [2.05, 4.69) is 4.84 Å². The molecule has 0 spiro atoms. The summed E-state index contributed by atoms with van der Waals surface area (Å²) in [6, 6.07) is 16.4. The minimum absolute atomic E-state index is 0.0271.